The van der Waals surface area contributed by atoms with E-state index in [-0.39, 0.29) is 12.4 Å². The van der Waals surface area contributed by atoms with Gasteiger partial charge in [0.1, 0.15) is 0 Å². The number of carbonyl (C=O) groups excluding carboxylic acids is 1. The van der Waals surface area contributed by atoms with Gasteiger partial charge in [-0.05, 0) is 17.7 Å². The highest BCUT2D eigenvalue weighted by Gasteiger charge is 2.11. The Bertz CT molecular complexity index is 548. The van der Waals surface area contributed by atoms with E-state index in [2.05, 4.69) is 9.72 Å². The van der Waals surface area contributed by atoms with E-state index >= 15 is 0 Å². The Labute approximate surface area is 102 Å². The summed E-state index contributed by atoms with van der Waals surface area (Å²) in [5, 5.41) is 1.93. The number of H-pyrrole nitrogens is 1. The molecule has 0 aliphatic rings. The maximum Gasteiger partial charge on any atom is 0.310 e. The van der Waals surface area contributed by atoms with E-state index in [0.717, 1.165) is 16.5 Å². The highest BCUT2D eigenvalue weighted by molar-refractivity contribution is 6.38. The van der Waals surface area contributed by atoms with Crippen molar-refractivity contribution in [3.63, 3.8) is 0 Å². The second-order valence-electron chi connectivity index (χ2n) is 3.38. The molecule has 1 aromatic carbocycles. The number of hydrogen-bond donors (Lipinski definition) is 1. The molecule has 0 amide bonds. The molecule has 1 aromatic heterocycles. The van der Waals surface area contributed by atoms with Crippen molar-refractivity contribution < 1.29 is 9.53 Å². The molecule has 0 unspecified atom stereocenters. The molecule has 0 aliphatic heterocycles. The highest BCUT2D eigenvalue weighted by Crippen LogP contribution is 2.29. The molecule has 2 aromatic rings. The maximum atomic E-state index is 11.2. The van der Waals surface area contributed by atoms with Gasteiger partial charge in [0.15, 0.2) is 0 Å². The Kier molecular flexibility index (Phi) is 3.08. The molecule has 0 fully saturated rings. The fraction of sp³-hybridized carbons (Fsp3) is 0.182. The molecule has 1 N–H and O–H groups in total. The maximum absolute atomic E-state index is 11.2. The molecule has 0 atom stereocenters. The summed E-state index contributed by atoms with van der Waals surface area (Å²) in [6, 6.07) is 3.43. The molecule has 0 saturated heterocycles. The van der Waals surface area contributed by atoms with E-state index < -0.39 is 0 Å². The van der Waals surface area contributed by atoms with Gasteiger partial charge in [-0.2, -0.15) is 0 Å². The number of carbonyl (C=O) groups is 1. The van der Waals surface area contributed by atoms with Crippen molar-refractivity contribution in [1.82, 2.24) is 4.98 Å². The lowest BCUT2D eigenvalue weighted by molar-refractivity contribution is -0.139. The summed E-state index contributed by atoms with van der Waals surface area (Å²) in [6.45, 7) is 0. The first-order chi connectivity index (χ1) is 7.61. The lowest BCUT2D eigenvalue weighted by atomic mass is 10.1. The molecule has 84 valence electrons. The van der Waals surface area contributed by atoms with Crippen LogP contribution < -0.4 is 0 Å². The van der Waals surface area contributed by atoms with Crippen LogP contribution in [0.3, 0.4) is 0 Å². The van der Waals surface area contributed by atoms with Crippen molar-refractivity contribution >= 4 is 40.1 Å². The zero-order valence-electron chi connectivity index (χ0n) is 8.51. The van der Waals surface area contributed by atoms with Crippen LogP contribution in [0, 0.1) is 0 Å². The Morgan fingerprint density at radius 1 is 1.44 bits per heavy atom. The average molecular weight is 258 g/mol. The van der Waals surface area contributed by atoms with Crippen molar-refractivity contribution in [3.8, 4) is 0 Å². The van der Waals surface area contributed by atoms with Gasteiger partial charge in [0.2, 0.25) is 0 Å². The molecule has 5 heteroatoms. The first-order valence-electron chi connectivity index (χ1n) is 4.63. The number of nitrogens with one attached hydrogen (secondary N) is 1. The molecule has 2 rings (SSSR count). The van der Waals surface area contributed by atoms with Crippen LogP contribution in [0.5, 0.6) is 0 Å². The second-order valence-corrected chi connectivity index (χ2v) is 4.22. The van der Waals surface area contributed by atoms with Crippen LogP contribution >= 0.6 is 23.2 Å². The second kappa shape index (κ2) is 4.36. The number of halogens is 2. The summed E-state index contributed by atoms with van der Waals surface area (Å²) < 4.78 is 4.61. The number of hydrogen-bond acceptors (Lipinski definition) is 2. The first-order valence-corrected chi connectivity index (χ1v) is 5.39. The fourth-order valence-electron chi connectivity index (χ4n) is 1.58. The smallest absolute Gasteiger partial charge is 0.310 e. The van der Waals surface area contributed by atoms with Crippen LogP contribution in [-0.4, -0.2) is 18.1 Å². The number of rotatable bonds is 2. The van der Waals surface area contributed by atoms with Crippen LogP contribution in [-0.2, 0) is 16.0 Å². The number of methoxy groups -OCH3 is 1. The molecular formula is C11H9Cl2NO2. The minimum absolute atomic E-state index is 0.202. The Hall–Kier alpha value is -1.19. The molecule has 1 heterocycles. The number of aromatic nitrogens is 1. The summed E-state index contributed by atoms with van der Waals surface area (Å²) >= 11 is 11.9. The van der Waals surface area contributed by atoms with Gasteiger partial charge >= 0.3 is 5.97 Å². The van der Waals surface area contributed by atoms with Gasteiger partial charge in [-0.1, -0.05) is 23.2 Å². The topological polar surface area (TPSA) is 42.1 Å². The number of esters is 1. The Balaban J connectivity index is 2.51. The number of fused-ring (bicyclic) bond motifs is 1. The SMILES string of the molecule is COC(=O)Cc1c[nH]c2c(Cl)cc(Cl)cc12. The monoisotopic (exact) mass is 257 g/mol. The lowest BCUT2D eigenvalue weighted by Gasteiger charge is -1.99. The van der Waals surface area contributed by atoms with Gasteiger partial charge in [-0.3, -0.25) is 4.79 Å². The third-order valence-corrected chi connectivity index (χ3v) is 2.87. The van der Waals surface area contributed by atoms with Crippen molar-refractivity contribution in [3.05, 3.63) is 33.9 Å². The van der Waals surface area contributed by atoms with Crippen LogP contribution in [0.15, 0.2) is 18.3 Å². The summed E-state index contributed by atoms with van der Waals surface area (Å²) in [6.07, 6.45) is 1.94. The van der Waals surface area contributed by atoms with Crippen molar-refractivity contribution in [2.45, 2.75) is 6.42 Å². The number of benzene rings is 1. The van der Waals surface area contributed by atoms with Crippen molar-refractivity contribution in [2.75, 3.05) is 7.11 Å². The van der Waals surface area contributed by atoms with Gasteiger partial charge in [0, 0.05) is 16.6 Å². The molecule has 16 heavy (non-hydrogen) atoms. The molecule has 0 radical (unpaired) electrons. The van der Waals surface area contributed by atoms with Crippen molar-refractivity contribution in [2.24, 2.45) is 0 Å². The molecule has 3 nitrogen and oxygen atoms in total. The summed E-state index contributed by atoms with van der Waals surface area (Å²) in [5.74, 6) is -0.294. The van der Waals surface area contributed by atoms with E-state index in [0.29, 0.717) is 10.0 Å². The third-order valence-electron chi connectivity index (χ3n) is 2.35. The Morgan fingerprint density at radius 3 is 2.88 bits per heavy atom. The fourth-order valence-corrected chi connectivity index (χ4v) is 2.13. The number of ether oxygens (including phenoxy) is 1. The van der Waals surface area contributed by atoms with E-state index in [1.807, 2.05) is 0 Å². The van der Waals surface area contributed by atoms with Gasteiger partial charge < -0.3 is 9.72 Å². The highest BCUT2D eigenvalue weighted by atomic mass is 35.5. The molecule has 0 bridgehead atoms. The van der Waals surface area contributed by atoms with E-state index in [4.69, 9.17) is 23.2 Å². The van der Waals surface area contributed by atoms with Crippen LogP contribution in [0.25, 0.3) is 10.9 Å². The third kappa shape index (κ3) is 2.01. The summed E-state index contributed by atoms with van der Waals surface area (Å²) in [5.41, 5.74) is 1.61. The van der Waals surface area contributed by atoms with Crippen LogP contribution in [0.2, 0.25) is 10.0 Å². The first kappa shape index (κ1) is 11.3. The van der Waals surface area contributed by atoms with Crippen LogP contribution in [0.4, 0.5) is 0 Å². The summed E-state index contributed by atoms with van der Waals surface area (Å²) in [7, 11) is 1.36. The molecule has 0 spiro atoms. The molecular weight excluding hydrogens is 249 g/mol. The normalized spacial score (nSPS) is 10.7. The predicted octanol–water partition coefficient (Wildman–Crippen LogP) is 3.19. The molecule has 0 saturated carbocycles. The zero-order valence-corrected chi connectivity index (χ0v) is 10.0. The molecule has 0 aliphatic carbocycles. The average Bonchev–Trinajstić information content (AvgIpc) is 2.61. The van der Waals surface area contributed by atoms with E-state index in [9.17, 15) is 4.79 Å². The quantitative estimate of drug-likeness (QED) is 0.840. The van der Waals surface area contributed by atoms with Crippen molar-refractivity contribution in [1.29, 1.82) is 0 Å². The largest absolute Gasteiger partial charge is 0.469 e. The standard InChI is InChI=1S/C11H9Cl2NO2/c1-16-10(15)2-6-5-14-11-8(6)3-7(12)4-9(11)13/h3-5,14H,2H2,1H3. The van der Waals surface area contributed by atoms with Gasteiger partial charge in [0.05, 0.1) is 24.1 Å². The van der Waals surface area contributed by atoms with Gasteiger partial charge in [-0.25, -0.2) is 0 Å². The minimum atomic E-state index is -0.294. The van der Waals surface area contributed by atoms with E-state index in [1.54, 1.807) is 18.3 Å². The number of aromatic amines is 1. The van der Waals surface area contributed by atoms with Gasteiger partial charge in [-0.15, -0.1) is 0 Å². The minimum Gasteiger partial charge on any atom is -0.469 e. The van der Waals surface area contributed by atoms with Gasteiger partial charge in [0.25, 0.3) is 0 Å². The zero-order chi connectivity index (χ0) is 11.7. The predicted molar refractivity (Wildman–Crippen MR) is 64.0 cm³/mol. The lowest BCUT2D eigenvalue weighted by Crippen LogP contribution is -2.03. The van der Waals surface area contributed by atoms with E-state index in [1.165, 1.54) is 7.11 Å². The van der Waals surface area contributed by atoms with Crippen LogP contribution in [0.1, 0.15) is 5.56 Å². The Morgan fingerprint density at radius 2 is 2.19 bits per heavy atom. The summed E-state index contributed by atoms with van der Waals surface area (Å²) in [4.78, 5) is 14.2.